The topological polar surface area (TPSA) is 51.0 Å². The van der Waals surface area contributed by atoms with Crippen LogP contribution in [-0.2, 0) is 24.7 Å². The Labute approximate surface area is 150 Å². The first-order valence-electron chi connectivity index (χ1n) is 8.16. The summed E-state index contributed by atoms with van der Waals surface area (Å²) in [6, 6.07) is 15.5. The molecule has 6 heteroatoms. The third kappa shape index (κ3) is 2.91. The quantitative estimate of drug-likeness (QED) is 0.727. The Kier molecular flexibility index (Phi) is 4.01. The van der Waals surface area contributed by atoms with E-state index in [1.165, 1.54) is 0 Å². The smallest absolute Gasteiger partial charge is 0.234 e. The van der Waals surface area contributed by atoms with Crippen molar-refractivity contribution in [2.75, 3.05) is 11.4 Å². The number of halogens is 1. The summed E-state index contributed by atoms with van der Waals surface area (Å²) in [5, 5.41) is 9.10. The third-order valence-corrected chi connectivity index (χ3v) is 4.79. The number of aromatic nitrogens is 3. The molecule has 4 rings (SSSR count). The maximum Gasteiger partial charge on any atom is 0.234 e. The van der Waals surface area contributed by atoms with Crippen LogP contribution in [0.1, 0.15) is 11.4 Å². The molecule has 0 unspecified atom stereocenters. The van der Waals surface area contributed by atoms with Crippen LogP contribution in [0.25, 0.3) is 11.4 Å². The summed E-state index contributed by atoms with van der Waals surface area (Å²) in [6.45, 7) is 0.678. The molecule has 0 saturated heterocycles. The van der Waals surface area contributed by atoms with Crippen molar-refractivity contribution in [1.29, 1.82) is 0 Å². The summed E-state index contributed by atoms with van der Waals surface area (Å²) in [6.07, 6.45) is 1.06. The molecule has 1 aromatic heterocycles. The van der Waals surface area contributed by atoms with E-state index >= 15 is 0 Å². The van der Waals surface area contributed by atoms with Crippen molar-refractivity contribution in [3.05, 3.63) is 64.9 Å². The van der Waals surface area contributed by atoms with E-state index in [4.69, 9.17) is 11.6 Å². The lowest BCUT2D eigenvalue weighted by atomic mass is 10.2. The van der Waals surface area contributed by atoms with E-state index < -0.39 is 0 Å². The fourth-order valence-corrected chi connectivity index (χ4v) is 3.36. The molecule has 0 bridgehead atoms. The molecular formula is C19H17ClN4O. The Hall–Kier alpha value is -2.66. The molecule has 25 heavy (non-hydrogen) atoms. The SMILES string of the molecule is Cn1c(CC(=O)N2CCc3ccc(Cl)cc32)nnc1-c1ccccc1. The minimum Gasteiger partial charge on any atom is -0.314 e. The van der Waals surface area contributed by atoms with Crippen molar-refractivity contribution in [1.82, 2.24) is 14.8 Å². The molecule has 0 atom stereocenters. The molecule has 2 heterocycles. The zero-order valence-electron chi connectivity index (χ0n) is 13.8. The summed E-state index contributed by atoms with van der Waals surface area (Å²) in [5.41, 5.74) is 3.04. The number of carbonyl (C=O) groups is 1. The monoisotopic (exact) mass is 352 g/mol. The molecule has 5 nitrogen and oxygen atoms in total. The first kappa shape index (κ1) is 15.8. The van der Waals surface area contributed by atoms with Crippen molar-refractivity contribution < 1.29 is 4.79 Å². The second-order valence-corrected chi connectivity index (χ2v) is 6.55. The lowest BCUT2D eigenvalue weighted by Crippen LogP contribution is -2.31. The van der Waals surface area contributed by atoms with Gasteiger partial charge in [0.15, 0.2) is 5.82 Å². The lowest BCUT2D eigenvalue weighted by molar-refractivity contribution is -0.118. The Morgan fingerprint density at radius 1 is 1.16 bits per heavy atom. The molecule has 1 aliphatic heterocycles. The van der Waals surface area contributed by atoms with Gasteiger partial charge >= 0.3 is 0 Å². The molecule has 0 aliphatic carbocycles. The average Bonchev–Trinajstić information content (AvgIpc) is 3.19. The van der Waals surface area contributed by atoms with E-state index in [-0.39, 0.29) is 12.3 Å². The molecule has 0 saturated carbocycles. The predicted molar refractivity (Wildman–Crippen MR) is 97.7 cm³/mol. The molecule has 0 fully saturated rings. The number of anilines is 1. The largest absolute Gasteiger partial charge is 0.314 e. The van der Waals surface area contributed by atoms with Crippen molar-refractivity contribution >= 4 is 23.2 Å². The summed E-state index contributed by atoms with van der Waals surface area (Å²) >= 11 is 6.09. The van der Waals surface area contributed by atoms with Gasteiger partial charge in [0.2, 0.25) is 5.91 Å². The fourth-order valence-electron chi connectivity index (χ4n) is 3.20. The van der Waals surface area contributed by atoms with Crippen LogP contribution in [0.4, 0.5) is 5.69 Å². The third-order valence-electron chi connectivity index (χ3n) is 4.55. The Morgan fingerprint density at radius 3 is 2.76 bits per heavy atom. The van der Waals surface area contributed by atoms with Crippen LogP contribution in [0.5, 0.6) is 0 Å². The number of rotatable bonds is 3. The highest BCUT2D eigenvalue weighted by Gasteiger charge is 2.26. The van der Waals surface area contributed by atoms with E-state index in [0.717, 1.165) is 29.1 Å². The highest BCUT2D eigenvalue weighted by molar-refractivity contribution is 6.31. The molecule has 126 valence electrons. The van der Waals surface area contributed by atoms with Gasteiger partial charge < -0.3 is 9.47 Å². The van der Waals surface area contributed by atoms with E-state index in [1.54, 1.807) is 4.90 Å². The predicted octanol–water partition coefficient (Wildman–Crippen LogP) is 3.27. The van der Waals surface area contributed by atoms with E-state index in [2.05, 4.69) is 10.2 Å². The van der Waals surface area contributed by atoms with Gasteiger partial charge in [-0.05, 0) is 24.1 Å². The van der Waals surface area contributed by atoms with Gasteiger partial charge in [-0.15, -0.1) is 10.2 Å². The van der Waals surface area contributed by atoms with Crippen LogP contribution in [0, 0.1) is 0 Å². The molecule has 3 aromatic rings. The van der Waals surface area contributed by atoms with E-state index in [0.29, 0.717) is 17.4 Å². The van der Waals surface area contributed by atoms with Crippen LogP contribution < -0.4 is 4.90 Å². The summed E-state index contributed by atoms with van der Waals surface area (Å²) in [5.74, 6) is 1.42. The number of carbonyl (C=O) groups excluding carboxylic acids is 1. The molecule has 1 amide bonds. The molecule has 0 N–H and O–H groups in total. The van der Waals surface area contributed by atoms with E-state index in [1.807, 2.05) is 60.1 Å². The van der Waals surface area contributed by atoms with Gasteiger partial charge in [-0.2, -0.15) is 0 Å². The first-order chi connectivity index (χ1) is 12.1. The highest BCUT2D eigenvalue weighted by atomic mass is 35.5. The minimum absolute atomic E-state index is 0.0103. The van der Waals surface area contributed by atoms with Gasteiger partial charge in [-0.1, -0.05) is 48.0 Å². The molecule has 1 aliphatic rings. The van der Waals surface area contributed by atoms with E-state index in [9.17, 15) is 4.79 Å². The van der Waals surface area contributed by atoms with Gasteiger partial charge in [-0.25, -0.2) is 0 Å². The van der Waals surface area contributed by atoms with Crippen molar-refractivity contribution in [2.45, 2.75) is 12.8 Å². The van der Waals surface area contributed by atoms with Crippen LogP contribution in [0.2, 0.25) is 5.02 Å². The second kappa shape index (κ2) is 6.33. The average molecular weight is 353 g/mol. The molecule has 0 spiro atoms. The minimum atomic E-state index is 0.0103. The van der Waals surface area contributed by atoms with Gasteiger partial charge in [0.25, 0.3) is 0 Å². The highest BCUT2D eigenvalue weighted by Crippen LogP contribution is 2.31. The van der Waals surface area contributed by atoms with Gasteiger partial charge in [0.1, 0.15) is 5.82 Å². The van der Waals surface area contributed by atoms with Crippen LogP contribution >= 0.6 is 11.6 Å². The lowest BCUT2D eigenvalue weighted by Gasteiger charge is -2.17. The number of amides is 1. The Bertz CT molecular complexity index is 936. The van der Waals surface area contributed by atoms with Crippen LogP contribution in [0.15, 0.2) is 48.5 Å². The Balaban J connectivity index is 1.57. The first-order valence-corrected chi connectivity index (χ1v) is 8.54. The van der Waals surface area contributed by atoms with Gasteiger partial charge in [-0.3, -0.25) is 4.79 Å². The van der Waals surface area contributed by atoms with Gasteiger partial charge in [0, 0.05) is 29.9 Å². The number of fused-ring (bicyclic) bond motifs is 1. The number of hydrogen-bond donors (Lipinski definition) is 0. The van der Waals surface area contributed by atoms with Gasteiger partial charge in [0.05, 0.1) is 6.42 Å². The number of benzene rings is 2. The second-order valence-electron chi connectivity index (χ2n) is 6.11. The summed E-state index contributed by atoms with van der Waals surface area (Å²) in [7, 11) is 1.89. The Morgan fingerprint density at radius 2 is 1.96 bits per heavy atom. The molecule has 0 radical (unpaired) electrons. The maximum atomic E-state index is 12.8. The van der Waals surface area contributed by atoms with Crippen LogP contribution in [0.3, 0.4) is 0 Å². The van der Waals surface area contributed by atoms with Crippen molar-refractivity contribution in [3.8, 4) is 11.4 Å². The zero-order valence-corrected chi connectivity index (χ0v) is 14.6. The number of nitrogens with zero attached hydrogens (tertiary/aromatic N) is 4. The summed E-state index contributed by atoms with van der Waals surface area (Å²) in [4.78, 5) is 14.6. The normalized spacial score (nSPS) is 13.1. The standard InChI is InChI=1S/C19H17ClN4O/c1-23-17(21-22-19(23)14-5-3-2-4-6-14)12-18(25)24-10-9-13-7-8-15(20)11-16(13)24/h2-8,11H,9-10,12H2,1H3. The maximum absolute atomic E-state index is 12.8. The fraction of sp³-hybridized carbons (Fsp3) is 0.211. The zero-order chi connectivity index (χ0) is 17.4. The molecular weight excluding hydrogens is 336 g/mol. The van der Waals surface area contributed by atoms with Crippen molar-refractivity contribution in [2.24, 2.45) is 7.05 Å². The molecule has 2 aromatic carbocycles. The van der Waals surface area contributed by atoms with Crippen molar-refractivity contribution in [3.63, 3.8) is 0 Å². The number of hydrogen-bond acceptors (Lipinski definition) is 3. The summed E-state index contributed by atoms with van der Waals surface area (Å²) < 4.78 is 1.88. The van der Waals surface area contributed by atoms with Crippen LogP contribution in [-0.4, -0.2) is 27.2 Å².